The maximum Gasteiger partial charge on any atom is 0.295 e. The van der Waals surface area contributed by atoms with Gasteiger partial charge >= 0.3 is 0 Å². The predicted molar refractivity (Wildman–Crippen MR) is 127 cm³/mol. The molecule has 1 heterocycles. The zero-order valence-electron chi connectivity index (χ0n) is 20.2. The van der Waals surface area contributed by atoms with E-state index in [9.17, 15) is 14.7 Å². The lowest BCUT2D eigenvalue weighted by Gasteiger charge is -2.27. The number of likely N-dealkylation sites (N-methyl/N-ethyl adjacent to an activating group) is 1. The maximum absolute atomic E-state index is 13.2. The molecule has 1 atom stereocenters. The van der Waals surface area contributed by atoms with E-state index in [1.54, 1.807) is 36.4 Å². The Labute approximate surface area is 199 Å². The molecular formula is C25H30N2O7. The number of likely N-dealkylation sites (tertiary alicyclic amines) is 1. The van der Waals surface area contributed by atoms with Gasteiger partial charge in [0.25, 0.3) is 11.7 Å². The Morgan fingerprint density at radius 3 is 2.00 bits per heavy atom. The van der Waals surface area contributed by atoms with Crippen LogP contribution in [-0.4, -0.2) is 82.2 Å². The summed E-state index contributed by atoms with van der Waals surface area (Å²) in [5.74, 6) is 0.0830. The van der Waals surface area contributed by atoms with Gasteiger partial charge in [-0.2, -0.15) is 0 Å². The van der Waals surface area contributed by atoms with Gasteiger partial charge < -0.3 is 33.9 Å². The number of hydrogen-bond donors (Lipinski definition) is 1. The van der Waals surface area contributed by atoms with Gasteiger partial charge in [0, 0.05) is 18.7 Å². The van der Waals surface area contributed by atoms with E-state index in [4.69, 9.17) is 18.9 Å². The number of hydrogen-bond acceptors (Lipinski definition) is 8. The molecule has 1 aliphatic rings. The van der Waals surface area contributed by atoms with Crippen molar-refractivity contribution in [2.24, 2.45) is 0 Å². The van der Waals surface area contributed by atoms with E-state index in [0.29, 0.717) is 47.2 Å². The van der Waals surface area contributed by atoms with Crippen LogP contribution in [0.3, 0.4) is 0 Å². The molecular weight excluding hydrogens is 440 g/mol. The highest BCUT2D eigenvalue weighted by Gasteiger charge is 2.46. The molecule has 0 aromatic heterocycles. The van der Waals surface area contributed by atoms with Crippen LogP contribution in [0.15, 0.2) is 42.0 Å². The summed E-state index contributed by atoms with van der Waals surface area (Å²) in [6, 6.07) is 9.15. The Morgan fingerprint density at radius 2 is 1.44 bits per heavy atom. The minimum absolute atomic E-state index is 0.0109. The SMILES string of the molecule is COc1ccc(/C(O)=C2/C(=O)C(=O)N(CCN(C)C)C2c2ccc(OC)c(OC)c2)cc1OC. The Morgan fingerprint density at radius 1 is 0.882 bits per heavy atom. The summed E-state index contributed by atoms with van der Waals surface area (Å²) in [6.45, 7) is 0.826. The molecule has 3 rings (SSSR count). The number of ketones is 1. The van der Waals surface area contributed by atoms with Crippen molar-refractivity contribution in [3.63, 3.8) is 0 Å². The van der Waals surface area contributed by atoms with Crippen molar-refractivity contribution >= 4 is 17.4 Å². The molecule has 0 saturated carbocycles. The molecule has 34 heavy (non-hydrogen) atoms. The van der Waals surface area contributed by atoms with Crippen LogP contribution in [0.4, 0.5) is 0 Å². The lowest BCUT2D eigenvalue weighted by Crippen LogP contribution is -2.35. The maximum atomic E-state index is 13.2. The number of nitrogens with zero attached hydrogens (tertiary/aromatic N) is 2. The minimum atomic E-state index is -0.812. The van der Waals surface area contributed by atoms with E-state index < -0.39 is 17.7 Å². The number of amides is 1. The number of carbonyl (C=O) groups is 2. The van der Waals surface area contributed by atoms with Crippen molar-refractivity contribution in [2.45, 2.75) is 6.04 Å². The van der Waals surface area contributed by atoms with Gasteiger partial charge in [0.1, 0.15) is 5.76 Å². The highest BCUT2D eigenvalue weighted by Crippen LogP contribution is 2.42. The van der Waals surface area contributed by atoms with Crippen LogP contribution < -0.4 is 18.9 Å². The Hall–Kier alpha value is -3.72. The van der Waals surface area contributed by atoms with Crippen LogP contribution in [0, 0.1) is 0 Å². The predicted octanol–water partition coefficient (Wildman–Crippen LogP) is 2.70. The molecule has 0 aliphatic carbocycles. The third-order valence-electron chi connectivity index (χ3n) is 5.71. The largest absolute Gasteiger partial charge is 0.507 e. The summed E-state index contributed by atoms with van der Waals surface area (Å²) in [4.78, 5) is 29.6. The number of Topliss-reactive ketones (excluding diaryl/α,β-unsaturated/α-hetero) is 1. The third kappa shape index (κ3) is 4.65. The average Bonchev–Trinajstić information content (AvgIpc) is 3.10. The fraction of sp³-hybridized carbons (Fsp3) is 0.360. The van der Waals surface area contributed by atoms with Gasteiger partial charge in [-0.15, -0.1) is 0 Å². The topological polar surface area (TPSA) is 97.8 Å². The van der Waals surface area contributed by atoms with Gasteiger partial charge in [-0.05, 0) is 50.0 Å². The number of rotatable bonds is 9. The number of methoxy groups -OCH3 is 4. The van der Waals surface area contributed by atoms with Crippen LogP contribution in [0.2, 0.25) is 0 Å². The summed E-state index contributed by atoms with van der Waals surface area (Å²) in [6.07, 6.45) is 0. The van der Waals surface area contributed by atoms with E-state index in [1.165, 1.54) is 33.3 Å². The molecule has 0 bridgehead atoms. The first-order valence-corrected chi connectivity index (χ1v) is 10.6. The van der Waals surface area contributed by atoms with Crippen LogP contribution in [-0.2, 0) is 9.59 Å². The average molecular weight is 471 g/mol. The Kier molecular flexibility index (Phi) is 7.68. The second-order valence-electron chi connectivity index (χ2n) is 7.98. The van der Waals surface area contributed by atoms with Gasteiger partial charge in [-0.25, -0.2) is 0 Å². The highest BCUT2D eigenvalue weighted by molar-refractivity contribution is 6.46. The molecule has 1 N–H and O–H groups in total. The molecule has 9 heteroatoms. The van der Waals surface area contributed by atoms with E-state index in [0.717, 1.165) is 0 Å². The monoisotopic (exact) mass is 470 g/mol. The van der Waals surface area contributed by atoms with E-state index in [1.807, 2.05) is 19.0 Å². The lowest BCUT2D eigenvalue weighted by atomic mass is 9.95. The van der Waals surface area contributed by atoms with Crippen molar-refractivity contribution in [1.82, 2.24) is 9.80 Å². The van der Waals surface area contributed by atoms with Crippen LogP contribution in [0.1, 0.15) is 17.2 Å². The van der Waals surface area contributed by atoms with E-state index in [2.05, 4.69) is 0 Å². The summed E-state index contributed by atoms with van der Waals surface area (Å²) < 4.78 is 21.4. The fourth-order valence-corrected chi connectivity index (χ4v) is 3.93. The highest BCUT2D eigenvalue weighted by atomic mass is 16.5. The second-order valence-corrected chi connectivity index (χ2v) is 7.98. The summed E-state index contributed by atoms with van der Waals surface area (Å²) in [5, 5.41) is 11.3. The number of carbonyl (C=O) groups excluding carboxylic acids is 2. The molecule has 1 saturated heterocycles. The summed E-state index contributed by atoms with van der Waals surface area (Å²) in [7, 11) is 9.78. The first-order valence-electron chi connectivity index (χ1n) is 10.6. The zero-order chi connectivity index (χ0) is 25.0. The molecule has 1 amide bonds. The fourth-order valence-electron chi connectivity index (χ4n) is 3.93. The number of aliphatic hydroxyl groups excluding tert-OH is 1. The first kappa shape index (κ1) is 24.9. The number of benzene rings is 2. The van der Waals surface area contributed by atoms with Crippen LogP contribution in [0.25, 0.3) is 5.76 Å². The van der Waals surface area contributed by atoms with Crippen molar-refractivity contribution in [1.29, 1.82) is 0 Å². The van der Waals surface area contributed by atoms with Crippen LogP contribution in [0.5, 0.6) is 23.0 Å². The summed E-state index contributed by atoms with van der Waals surface area (Å²) in [5.41, 5.74) is 0.926. The first-order chi connectivity index (χ1) is 16.3. The number of aliphatic hydroxyl groups is 1. The molecule has 0 radical (unpaired) electrons. The molecule has 182 valence electrons. The van der Waals surface area contributed by atoms with Gasteiger partial charge in [-0.1, -0.05) is 6.07 Å². The molecule has 1 unspecified atom stereocenters. The molecule has 9 nitrogen and oxygen atoms in total. The third-order valence-corrected chi connectivity index (χ3v) is 5.71. The van der Waals surface area contributed by atoms with Crippen molar-refractivity contribution in [2.75, 3.05) is 55.6 Å². The Balaban J connectivity index is 2.20. The van der Waals surface area contributed by atoms with Gasteiger partial charge in [0.2, 0.25) is 0 Å². The Bertz CT molecular complexity index is 1110. The molecule has 2 aromatic carbocycles. The van der Waals surface area contributed by atoms with Crippen LogP contribution >= 0.6 is 0 Å². The van der Waals surface area contributed by atoms with E-state index >= 15 is 0 Å². The van der Waals surface area contributed by atoms with Crippen molar-refractivity contribution in [3.8, 4) is 23.0 Å². The quantitative estimate of drug-likeness (QED) is 0.339. The van der Waals surface area contributed by atoms with Crippen molar-refractivity contribution < 1.29 is 33.6 Å². The lowest BCUT2D eigenvalue weighted by molar-refractivity contribution is -0.140. The van der Waals surface area contributed by atoms with Crippen molar-refractivity contribution in [3.05, 3.63) is 53.1 Å². The van der Waals surface area contributed by atoms with Gasteiger partial charge in [0.15, 0.2) is 23.0 Å². The molecule has 1 aliphatic heterocycles. The standard InChI is InChI=1S/C25H30N2O7/c1-26(2)11-12-27-22(15-7-9-17(31-3)19(13-15)33-5)21(24(29)25(27)30)23(28)16-8-10-18(32-4)20(14-16)34-6/h7-10,13-14,22,28H,11-12H2,1-6H3/b23-21-. The van der Waals surface area contributed by atoms with Gasteiger partial charge in [0.05, 0.1) is 40.1 Å². The number of ether oxygens (including phenoxy) is 4. The van der Waals surface area contributed by atoms with E-state index in [-0.39, 0.29) is 11.3 Å². The normalized spacial score (nSPS) is 17.3. The molecule has 1 fully saturated rings. The zero-order valence-corrected chi connectivity index (χ0v) is 20.2. The van der Waals surface area contributed by atoms with Gasteiger partial charge in [-0.3, -0.25) is 9.59 Å². The molecule has 2 aromatic rings. The smallest absolute Gasteiger partial charge is 0.295 e. The minimum Gasteiger partial charge on any atom is -0.507 e. The molecule has 0 spiro atoms. The second kappa shape index (κ2) is 10.5. The summed E-state index contributed by atoms with van der Waals surface area (Å²) >= 11 is 0.